The topological polar surface area (TPSA) is 36.7 Å². The third-order valence-corrected chi connectivity index (χ3v) is 1.73. The van der Waals surface area contributed by atoms with Crippen LogP contribution in [0.3, 0.4) is 0 Å². The largest absolute Gasteiger partial charge is 0.264 e. The van der Waals surface area contributed by atoms with Crippen LogP contribution < -0.4 is 0 Å². The predicted molar refractivity (Wildman–Crippen MR) is 43.2 cm³/mol. The van der Waals surface area contributed by atoms with E-state index in [1.165, 1.54) is 6.92 Å². The summed E-state index contributed by atoms with van der Waals surface area (Å²) in [5.74, 6) is -0.984. The third kappa shape index (κ3) is 2.02. The van der Waals surface area contributed by atoms with E-state index in [1.54, 1.807) is 6.07 Å². The quantitative estimate of drug-likeness (QED) is 0.688. The highest BCUT2D eigenvalue weighted by atomic mass is 19.3. The van der Waals surface area contributed by atoms with Gasteiger partial charge in [0.15, 0.2) is 0 Å². The smallest absolute Gasteiger partial charge is 0.225 e. The van der Waals surface area contributed by atoms with Crippen molar-refractivity contribution < 1.29 is 13.2 Å². The number of nitrogens with zero attached hydrogens (tertiary/aromatic N) is 2. The van der Waals surface area contributed by atoms with Crippen molar-refractivity contribution in [1.29, 1.82) is 5.26 Å². The number of pyridine rings is 1. The van der Waals surface area contributed by atoms with E-state index in [1.807, 2.05) is 0 Å². The van der Waals surface area contributed by atoms with Crippen LogP contribution in [0.4, 0.5) is 13.2 Å². The molecule has 0 aliphatic heterocycles. The van der Waals surface area contributed by atoms with E-state index in [0.29, 0.717) is 0 Å². The summed E-state index contributed by atoms with van der Waals surface area (Å²) >= 11 is 0. The number of hydrogen-bond acceptors (Lipinski definition) is 2. The Morgan fingerprint density at radius 2 is 2.21 bits per heavy atom. The molecular weight excluding hydrogens is 193 g/mol. The zero-order valence-corrected chi connectivity index (χ0v) is 7.39. The van der Waals surface area contributed by atoms with Crippen molar-refractivity contribution in [1.82, 2.24) is 4.98 Å². The van der Waals surface area contributed by atoms with Gasteiger partial charge in [0.2, 0.25) is 5.95 Å². The van der Waals surface area contributed by atoms with E-state index in [4.69, 9.17) is 5.26 Å². The molecule has 1 rings (SSSR count). The molecule has 0 aliphatic carbocycles. The first kappa shape index (κ1) is 10.5. The normalized spacial score (nSPS) is 10.3. The molecule has 0 spiro atoms. The molecule has 0 saturated heterocycles. The molecule has 0 amide bonds. The average molecular weight is 200 g/mol. The van der Waals surface area contributed by atoms with Crippen molar-refractivity contribution in [3.63, 3.8) is 0 Å². The molecule has 0 bridgehead atoms. The molecule has 0 aliphatic rings. The third-order valence-electron chi connectivity index (χ3n) is 1.73. The summed E-state index contributed by atoms with van der Waals surface area (Å²) in [7, 11) is 0. The van der Waals surface area contributed by atoms with Crippen LogP contribution in [0.15, 0.2) is 6.07 Å². The van der Waals surface area contributed by atoms with E-state index in [0.717, 1.165) is 6.07 Å². The van der Waals surface area contributed by atoms with Crippen LogP contribution >= 0.6 is 0 Å². The molecule has 1 aromatic rings. The first-order valence-electron chi connectivity index (χ1n) is 3.87. The SMILES string of the molecule is Cc1cc(C(F)F)c(CC#N)c(F)n1. The number of aryl methyl sites for hydroxylation is 1. The molecular formula is C9H7F3N2. The van der Waals surface area contributed by atoms with Gasteiger partial charge in [-0.25, -0.2) is 13.8 Å². The van der Waals surface area contributed by atoms with Gasteiger partial charge in [0.25, 0.3) is 6.43 Å². The summed E-state index contributed by atoms with van der Waals surface area (Å²) in [4.78, 5) is 3.38. The lowest BCUT2D eigenvalue weighted by Gasteiger charge is -2.07. The number of rotatable bonds is 2. The van der Waals surface area contributed by atoms with Gasteiger partial charge in [0.1, 0.15) is 0 Å². The van der Waals surface area contributed by atoms with Crippen LogP contribution in [-0.2, 0) is 6.42 Å². The summed E-state index contributed by atoms with van der Waals surface area (Å²) in [6.07, 6.45) is -3.17. The minimum atomic E-state index is -2.78. The molecule has 0 aromatic carbocycles. The number of aromatic nitrogens is 1. The fourth-order valence-corrected chi connectivity index (χ4v) is 1.13. The molecule has 2 nitrogen and oxygen atoms in total. The summed E-state index contributed by atoms with van der Waals surface area (Å²) in [6, 6.07) is 2.72. The fourth-order valence-electron chi connectivity index (χ4n) is 1.13. The fraction of sp³-hybridized carbons (Fsp3) is 0.333. The van der Waals surface area contributed by atoms with E-state index < -0.39 is 24.4 Å². The van der Waals surface area contributed by atoms with E-state index in [9.17, 15) is 13.2 Å². The summed E-state index contributed by atoms with van der Waals surface area (Å²) in [5.41, 5.74) is -0.580. The highest BCUT2D eigenvalue weighted by Gasteiger charge is 2.18. The monoisotopic (exact) mass is 200 g/mol. The highest BCUT2D eigenvalue weighted by molar-refractivity contribution is 5.30. The van der Waals surface area contributed by atoms with Crippen LogP contribution in [0.2, 0.25) is 0 Å². The lowest BCUT2D eigenvalue weighted by Crippen LogP contribution is -2.02. The first-order chi connectivity index (χ1) is 6.56. The van der Waals surface area contributed by atoms with Crippen molar-refractivity contribution in [2.75, 3.05) is 0 Å². The van der Waals surface area contributed by atoms with Gasteiger partial charge in [-0.15, -0.1) is 0 Å². The molecule has 0 radical (unpaired) electrons. The molecule has 1 aromatic heterocycles. The number of nitriles is 1. The first-order valence-corrected chi connectivity index (χ1v) is 3.87. The van der Waals surface area contributed by atoms with E-state index >= 15 is 0 Å². The average Bonchev–Trinajstić information content (AvgIpc) is 2.09. The zero-order chi connectivity index (χ0) is 10.7. The standard InChI is InChI=1S/C9H7F3N2/c1-5-4-7(8(10)11)6(2-3-13)9(12)14-5/h4,8H,2H2,1H3. The van der Waals surface area contributed by atoms with Crippen molar-refractivity contribution >= 4 is 0 Å². The Morgan fingerprint density at radius 3 is 2.71 bits per heavy atom. The Morgan fingerprint density at radius 1 is 1.57 bits per heavy atom. The van der Waals surface area contributed by atoms with Crippen LogP contribution in [0.1, 0.15) is 23.2 Å². The molecule has 0 atom stereocenters. The number of alkyl halides is 2. The summed E-state index contributed by atoms with van der Waals surface area (Å²) in [5, 5.41) is 8.33. The lowest BCUT2D eigenvalue weighted by atomic mass is 10.1. The van der Waals surface area contributed by atoms with Crippen LogP contribution in [0.5, 0.6) is 0 Å². The van der Waals surface area contributed by atoms with Gasteiger partial charge in [0.05, 0.1) is 12.5 Å². The Bertz CT molecular complexity index is 382. The second-order valence-corrected chi connectivity index (χ2v) is 2.76. The van der Waals surface area contributed by atoms with Gasteiger partial charge in [-0.2, -0.15) is 9.65 Å². The number of hydrogen-bond donors (Lipinski definition) is 0. The molecule has 0 unspecified atom stereocenters. The Kier molecular flexibility index (Phi) is 3.07. The maximum absolute atomic E-state index is 13.1. The molecule has 0 N–H and O–H groups in total. The highest BCUT2D eigenvalue weighted by Crippen LogP contribution is 2.25. The van der Waals surface area contributed by atoms with Crippen LogP contribution in [-0.4, -0.2) is 4.98 Å². The van der Waals surface area contributed by atoms with Gasteiger partial charge in [-0.05, 0) is 13.0 Å². The molecule has 0 saturated carbocycles. The second kappa shape index (κ2) is 4.09. The molecule has 74 valence electrons. The predicted octanol–water partition coefficient (Wildman–Crippen LogP) is 2.53. The maximum Gasteiger partial charge on any atom is 0.264 e. The number of halogens is 3. The Hall–Kier alpha value is -1.57. The van der Waals surface area contributed by atoms with Gasteiger partial charge in [-0.3, -0.25) is 0 Å². The van der Waals surface area contributed by atoms with E-state index in [-0.39, 0.29) is 11.3 Å². The van der Waals surface area contributed by atoms with Gasteiger partial charge in [-0.1, -0.05) is 0 Å². The second-order valence-electron chi connectivity index (χ2n) is 2.76. The van der Waals surface area contributed by atoms with Gasteiger partial charge < -0.3 is 0 Å². The molecule has 1 heterocycles. The Balaban J connectivity index is 3.30. The Labute approximate surface area is 79.0 Å². The minimum absolute atomic E-state index is 0.180. The lowest BCUT2D eigenvalue weighted by molar-refractivity contribution is 0.149. The zero-order valence-electron chi connectivity index (χ0n) is 7.39. The van der Waals surface area contributed by atoms with Gasteiger partial charge in [0, 0.05) is 16.8 Å². The van der Waals surface area contributed by atoms with Crippen molar-refractivity contribution in [2.45, 2.75) is 19.8 Å². The van der Waals surface area contributed by atoms with Crippen LogP contribution in [0.25, 0.3) is 0 Å². The van der Waals surface area contributed by atoms with Crippen molar-refractivity contribution in [3.05, 3.63) is 28.8 Å². The summed E-state index contributed by atoms with van der Waals surface area (Å²) in [6.45, 7) is 1.42. The van der Waals surface area contributed by atoms with E-state index in [2.05, 4.69) is 4.98 Å². The molecule has 14 heavy (non-hydrogen) atoms. The molecule has 5 heteroatoms. The maximum atomic E-state index is 13.1. The van der Waals surface area contributed by atoms with Crippen molar-refractivity contribution in [3.8, 4) is 6.07 Å². The summed E-state index contributed by atoms with van der Waals surface area (Å²) < 4.78 is 37.9. The minimum Gasteiger partial charge on any atom is -0.225 e. The van der Waals surface area contributed by atoms with Gasteiger partial charge >= 0.3 is 0 Å². The molecule has 0 fully saturated rings. The van der Waals surface area contributed by atoms with Crippen molar-refractivity contribution in [2.24, 2.45) is 0 Å². The van der Waals surface area contributed by atoms with Crippen LogP contribution in [0, 0.1) is 24.2 Å².